The maximum atomic E-state index is 2.44. The highest BCUT2D eigenvalue weighted by atomic mass is 14.2. The average Bonchev–Trinajstić information content (AvgIpc) is 3.27. The van der Waals surface area contributed by atoms with Gasteiger partial charge in [0.05, 0.1) is 0 Å². The molecule has 0 aliphatic rings. The van der Waals surface area contributed by atoms with Gasteiger partial charge in [-0.1, -0.05) is 206 Å². The third kappa shape index (κ3) is 6.18. The summed E-state index contributed by atoms with van der Waals surface area (Å²) in [7, 11) is 0. The Bertz CT molecular complexity index is 2940. The van der Waals surface area contributed by atoms with Gasteiger partial charge in [-0.2, -0.15) is 0 Å². The van der Waals surface area contributed by atoms with E-state index in [-0.39, 0.29) is 5.92 Å². The second-order valence-electron chi connectivity index (χ2n) is 14.5. The van der Waals surface area contributed by atoms with Crippen molar-refractivity contribution in [2.45, 2.75) is 5.92 Å². The Balaban J connectivity index is 1.10. The molecule has 0 aliphatic heterocycles. The standard InChI is InChI=1S/C55H38/c1-4-13-38(14-5-1)45-20-12-21-46(35-45)39-23-26-43(27-24-39)54(42-18-8-3-9-19-42)49-32-33-50(40-15-6-2-7-16-40)53(37-49)48-31-34-52-47(36-48)30-29-44-28-25-41-17-10-11-22-51(41)55(44)52/h1-37,54H. The van der Waals surface area contributed by atoms with Crippen molar-refractivity contribution in [2.24, 2.45) is 0 Å². The predicted octanol–water partition coefficient (Wildman–Crippen LogP) is 15.0. The maximum Gasteiger partial charge on any atom is 0.0340 e. The first-order chi connectivity index (χ1) is 27.3. The van der Waals surface area contributed by atoms with E-state index < -0.39 is 0 Å². The fraction of sp³-hybridized carbons (Fsp3) is 0.0182. The van der Waals surface area contributed by atoms with Gasteiger partial charge in [0.15, 0.2) is 0 Å². The quantitative estimate of drug-likeness (QED) is 0.115. The van der Waals surface area contributed by atoms with E-state index >= 15 is 0 Å². The van der Waals surface area contributed by atoms with E-state index in [1.54, 1.807) is 0 Å². The van der Waals surface area contributed by atoms with Crippen LogP contribution in [-0.2, 0) is 0 Å². The monoisotopic (exact) mass is 698 g/mol. The molecule has 0 aromatic heterocycles. The molecule has 0 saturated carbocycles. The molecule has 1 unspecified atom stereocenters. The maximum absolute atomic E-state index is 2.44. The van der Waals surface area contributed by atoms with E-state index in [1.807, 2.05) is 0 Å². The molecule has 10 aromatic rings. The van der Waals surface area contributed by atoms with Crippen LogP contribution in [-0.4, -0.2) is 0 Å². The summed E-state index contributed by atoms with van der Waals surface area (Å²) in [5.74, 6) is 0.0604. The Labute approximate surface area is 322 Å². The first-order valence-corrected chi connectivity index (χ1v) is 19.1. The summed E-state index contributed by atoms with van der Waals surface area (Å²) in [6.07, 6.45) is 0. The summed E-state index contributed by atoms with van der Waals surface area (Å²) in [5, 5.41) is 7.69. The van der Waals surface area contributed by atoms with E-state index in [0.29, 0.717) is 0 Å². The van der Waals surface area contributed by atoms with Gasteiger partial charge in [-0.05, 0) is 112 Å². The van der Waals surface area contributed by atoms with Gasteiger partial charge in [0, 0.05) is 5.92 Å². The molecule has 1 atom stereocenters. The Kier molecular flexibility index (Phi) is 8.35. The molecule has 0 amide bonds. The minimum Gasteiger partial charge on any atom is -0.0622 e. The second-order valence-corrected chi connectivity index (χ2v) is 14.5. The first-order valence-electron chi connectivity index (χ1n) is 19.1. The second kappa shape index (κ2) is 14.1. The lowest BCUT2D eigenvalue weighted by molar-refractivity contribution is 0.978. The first kappa shape index (κ1) is 32.6. The van der Waals surface area contributed by atoms with Crippen molar-refractivity contribution in [1.29, 1.82) is 0 Å². The van der Waals surface area contributed by atoms with Gasteiger partial charge in [-0.3, -0.25) is 0 Å². The fourth-order valence-corrected chi connectivity index (χ4v) is 8.45. The molecule has 0 N–H and O–H groups in total. The van der Waals surface area contributed by atoms with E-state index in [2.05, 4.69) is 224 Å². The zero-order valence-electron chi connectivity index (χ0n) is 30.4. The van der Waals surface area contributed by atoms with Crippen LogP contribution in [0.1, 0.15) is 22.6 Å². The fourth-order valence-electron chi connectivity index (χ4n) is 8.45. The van der Waals surface area contributed by atoms with E-state index in [9.17, 15) is 0 Å². The van der Waals surface area contributed by atoms with Crippen molar-refractivity contribution >= 4 is 32.3 Å². The molecule has 0 heterocycles. The molecule has 10 aromatic carbocycles. The number of hydrogen-bond donors (Lipinski definition) is 0. The Morgan fingerprint density at radius 1 is 0.236 bits per heavy atom. The van der Waals surface area contributed by atoms with Crippen LogP contribution in [0.25, 0.3) is 76.8 Å². The SMILES string of the molecule is c1ccc(-c2cccc(-c3ccc(C(c4ccccc4)c4ccc(-c5ccccc5)c(-c5ccc6c(ccc7ccc8ccccc8c76)c5)c4)cc3)c2)cc1. The molecule has 0 nitrogen and oxygen atoms in total. The molecular weight excluding hydrogens is 661 g/mol. The highest BCUT2D eigenvalue weighted by molar-refractivity contribution is 6.20. The molecule has 0 bridgehead atoms. The van der Waals surface area contributed by atoms with Gasteiger partial charge in [-0.25, -0.2) is 0 Å². The highest BCUT2D eigenvalue weighted by Crippen LogP contribution is 2.41. The average molecular weight is 699 g/mol. The van der Waals surface area contributed by atoms with Crippen LogP contribution in [0.5, 0.6) is 0 Å². The molecule has 0 fully saturated rings. The summed E-state index contributed by atoms with van der Waals surface area (Å²) < 4.78 is 0. The van der Waals surface area contributed by atoms with Gasteiger partial charge < -0.3 is 0 Å². The summed E-state index contributed by atoms with van der Waals surface area (Å²) in [4.78, 5) is 0. The van der Waals surface area contributed by atoms with Crippen molar-refractivity contribution in [3.05, 3.63) is 241 Å². The Morgan fingerprint density at radius 3 is 1.51 bits per heavy atom. The summed E-state index contributed by atoms with van der Waals surface area (Å²) in [6.45, 7) is 0. The Morgan fingerprint density at radius 2 is 0.764 bits per heavy atom. The lowest BCUT2D eigenvalue weighted by Crippen LogP contribution is -2.04. The smallest absolute Gasteiger partial charge is 0.0340 e. The summed E-state index contributed by atoms with van der Waals surface area (Å²) >= 11 is 0. The molecular formula is C55H38. The lowest BCUT2D eigenvalue weighted by atomic mass is 9.82. The predicted molar refractivity (Wildman–Crippen MR) is 235 cm³/mol. The molecule has 0 aliphatic carbocycles. The van der Waals surface area contributed by atoms with Crippen LogP contribution >= 0.6 is 0 Å². The third-order valence-electron chi connectivity index (χ3n) is 11.2. The van der Waals surface area contributed by atoms with Crippen LogP contribution in [0.4, 0.5) is 0 Å². The van der Waals surface area contributed by atoms with Crippen molar-refractivity contribution in [2.75, 3.05) is 0 Å². The van der Waals surface area contributed by atoms with Crippen LogP contribution in [0.2, 0.25) is 0 Å². The van der Waals surface area contributed by atoms with E-state index in [4.69, 9.17) is 0 Å². The number of hydrogen-bond acceptors (Lipinski definition) is 0. The number of benzene rings is 10. The van der Waals surface area contributed by atoms with Crippen molar-refractivity contribution in [3.63, 3.8) is 0 Å². The van der Waals surface area contributed by atoms with Crippen LogP contribution < -0.4 is 0 Å². The molecule has 0 saturated heterocycles. The van der Waals surface area contributed by atoms with Crippen LogP contribution in [0.15, 0.2) is 224 Å². The molecule has 0 heteroatoms. The van der Waals surface area contributed by atoms with Gasteiger partial charge >= 0.3 is 0 Å². The molecule has 0 radical (unpaired) electrons. The van der Waals surface area contributed by atoms with Crippen molar-refractivity contribution in [3.8, 4) is 44.5 Å². The molecule has 10 rings (SSSR count). The molecule has 0 spiro atoms. The molecule has 55 heavy (non-hydrogen) atoms. The van der Waals surface area contributed by atoms with Gasteiger partial charge in [-0.15, -0.1) is 0 Å². The zero-order valence-corrected chi connectivity index (χ0v) is 30.4. The van der Waals surface area contributed by atoms with Gasteiger partial charge in [0.1, 0.15) is 0 Å². The molecule has 258 valence electrons. The normalized spacial score (nSPS) is 11.9. The van der Waals surface area contributed by atoms with Gasteiger partial charge in [0.25, 0.3) is 0 Å². The largest absolute Gasteiger partial charge is 0.0622 e. The van der Waals surface area contributed by atoms with E-state index in [1.165, 1.54) is 93.5 Å². The topological polar surface area (TPSA) is 0 Å². The summed E-state index contributed by atoms with van der Waals surface area (Å²) in [6, 6.07) is 82.3. The third-order valence-corrected chi connectivity index (χ3v) is 11.2. The minimum atomic E-state index is 0.0604. The van der Waals surface area contributed by atoms with Crippen molar-refractivity contribution < 1.29 is 0 Å². The lowest BCUT2D eigenvalue weighted by Gasteiger charge is -2.22. The van der Waals surface area contributed by atoms with Gasteiger partial charge in [0.2, 0.25) is 0 Å². The highest BCUT2D eigenvalue weighted by Gasteiger charge is 2.20. The number of fused-ring (bicyclic) bond motifs is 5. The summed E-state index contributed by atoms with van der Waals surface area (Å²) in [5.41, 5.74) is 13.6. The zero-order chi connectivity index (χ0) is 36.6. The number of rotatable bonds is 7. The van der Waals surface area contributed by atoms with Crippen LogP contribution in [0, 0.1) is 0 Å². The van der Waals surface area contributed by atoms with Crippen molar-refractivity contribution in [1.82, 2.24) is 0 Å². The van der Waals surface area contributed by atoms with Crippen LogP contribution in [0.3, 0.4) is 0 Å². The minimum absolute atomic E-state index is 0.0604. The Hall–Kier alpha value is -7.02. The van der Waals surface area contributed by atoms with E-state index in [0.717, 1.165) is 0 Å².